The van der Waals surface area contributed by atoms with Crippen molar-refractivity contribution in [2.24, 2.45) is 4.99 Å². The Hall–Kier alpha value is -2.09. The molecule has 0 aliphatic heterocycles. The highest BCUT2D eigenvalue weighted by molar-refractivity contribution is 5.83. The third-order valence-electron chi connectivity index (χ3n) is 3.34. The summed E-state index contributed by atoms with van der Waals surface area (Å²) in [7, 11) is 4.08. The van der Waals surface area contributed by atoms with Crippen LogP contribution < -0.4 is 4.90 Å². The molecule has 2 nitrogen and oxygen atoms in total. The van der Waals surface area contributed by atoms with Crippen molar-refractivity contribution in [3.63, 3.8) is 0 Å². The number of rotatable bonds is 3. The molecule has 19 heavy (non-hydrogen) atoms. The van der Waals surface area contributed by atoms with Gasteiger partial charge in [-0.2, -0.15) is 0 Å². The molecule has 0 atom stereocenters. The van der Waals surface area contributed by atoms with Crippen LogP contribution in [0.25, 0.3) is 0 Å². The van der Waals surface area contributed by atoms with Crippen molar-refractivity contribution in [1.29, 1.82) is 0 Å². The highest BCUT2D eigenvalue weighted by Crippen LogP contribution is 2.21. The molecular weight excluding hydrogens is 232 g/mol. The van der Waals surface area contributed by atoms with Crippen molar-refractivity contribution in [3.8, 4) is 0 Å². The van der Waals surface area contributed by atoms with E-state index in [4.69, 9.17) is 0 Å². The van der Waals surface area contributed by atoms with E-state index in [0.29, 0.717) is 0 Å². The van der Waals surface area contributed by atoms with Crippen molar-refractivity contribution < 1.29 is 0 Å². The summed E-state index contributed by atoms with van der Waals surface area (Å²) in [6, 6.07) is 14.6. The highest BCUT2D eigenvalue weighted by atomic mass is 15.1. The molecule has 2 aromatic carbocycles. The first-order valence-corrected chi connectivity index (χ1v) is 6.45. The minimum absolute atomic E-state index is 1.04. The fourth-order valence-corrected chi connectivity index (χ4v) is 1.88. The van der Waals surface area contributed by atoms with Gasteiger partial charge in [-0.15, -0.1) is 0 Å². The van der Waals surface area contributed by atoms with Gasteiger partial charge in [-0.3, -0.25) is 4.99 Å². The third kappa shape index (κ3) is 3.22. The van der Waals surface area contributed by atoms with Crippen LogP contribution in [0.15, 0.2) is 47.5 Å². The van der Waals surface area contributed by atoms with Crippen LogP contribution in [0.3, 0.4) is 0 Å². The molecule has 0 heterocycles. The predicted molar refractivity (Wildman–Crippen MR) is 83.9 cm³/mol. The van der Waals surface area contributed by atoms with Crippen molar-refractivity contribution >= 4 is 17.6 Å². The fourth-order valence-electron chi connectivity index (χ4n) is 1.88. The van der Waals surface area contributed by atoms with Crippen LogP contribution in [0.5, 0.6) is 0 Å². The molecule has 0 aromatic heterocycles. The van der Waals surface area contributed by atoms with Crippen molar-refractivity contribution in [2.75, 3.05) is 19.0 Å². The maximum atomic E-state index is 4.57. The molecule has 2 aromatic rings. The molecule has 0 fully saturated rings. The number of aryl methyl sites for hydroxylation is 1. The van der Waals surface area contributed by atoms with Gasteiger partial charge < -0.3 is 4.90 Å². The van der Waals surface area contributed by atoms with Crippen LogP contribution in [0.4, 0.5) is 11.4 Å². The summed E-state index contributed by atoms with van der Waals surface area (Å²) in [5, 5.41) is 0. The first-order valence-electron chi connectivity index (χ1n) is 6.45. The van der Waals surface area contributed by atoms with Gasteiger partial charge in [0.15, 0.2) is 0 Å². The summed E-state index contributed by atoms with van der Waals surface area (Å²) >= 11 is 0. The van der Waals surface area contributed by atoms with Gasteiger partial charge in [0.05, 0.1) is 5.69 Å². The normalized spacial score (nSPS) is 10.9. The van der Waals surface area contributed by atoms with Crippen LogP contribution in [0.1, 0.15) is 16.7 Å². The van der Waals surface area contributed by atoms with Gasteiger partial charge in [-0.25, -0.2) is 0 Å². The fraction of sp³-hybridized carbons (Fsp3) is 0.235. The molecule has 98 valence electrons. The standard InChI is InChI=1S/C17H20N2/c1-13-6-5-7-17(14(13)2)18-12-15-8-10-16(11-9-15)19(3)4/h5-12H,1-4H3. The predicted octanol–water partition coefficient (Wildman–Crippen LogP) is 4.12. The lowest BCUT2D eigenvalue weighted by Crippen LogP contribution is -2.08. The summed E-state index contributed by atoms with van der Waals surface area (Å²) in [5.74, 6) is 0. The van der Waals surface area contributed by atoms with E-state index in [-0.39, 0.29) is 0 Å². The van der Waals surface area contributed by atoms with Gasteiger partial charge in [0.2, 0.25) is 0 Å². The molecule has 0 saturated carbocycles. The first kappa shape index (κ1) is 13.3. The lowest BCUT2D eigenvalue weighted by atomic mass is 10.1. The number of anilines is 1. The Bertz CT molecular complexity index is 581. The van der Waals surface area contributed by atoms with Gasteiger partial charge in [-0.05, 0) is 48.7 Å². The maximum Gasteiger partial charge on any atom is 0.0661 e. The van der Waals surface area contributed by atoms with E-state index in [1.807, 2.05) is 32.4 Å². The smallest absolute Gasteiger partial charge is 0.0661 e. The molecule has 0 bridgehead atoms. The zero-order valence-electron chi connectivity index (χ0n) is 12.0. The summed E-state index contributed by atoms with van der Waals surface area (Å²) in [4.78, 5) is 6.66. The summed E-state index contributed by atoms with van der Waals surface area (Å²) < 4.78 is 0. The molecule has 2 heteroatoms. The molecule has 0 unspecified atom stereocenters. The summed E-state index contributed by atoms with van der Waals surface area (Å²) in [5.41, 5.74) is 5.87. The van der Waals surface area contributed by atoms with Gasteiger partial charge in [0.1, 0.15) is 0 Å². The molecule has 0 aliphatic carbocycles. The summed E-state index contributed by atoms with van der Waals surface area (Å²) in [6.07, 6.45) is 1.92. The zero-order chi connectivity index (χ0) is 13.8. The van der Waals surface area contributed by atoms with Crippen LogP contribution in [-0.2, 0) is 0 Å². The molecule has 0 spiro atoms. The molecular formula is C17H20N2. The average Bonchev–Trinajstić information content (AvgIpc) is 2.41. The van der Waals surface area contributed by atoms with Gasteiger partial charge in [0.25, 0.3) is 0 Å². The van der Waals surface area contributed by atoms with Gasteiger partial charge in [-0.1, -0.05) is 24.3 Å². The van der Waals surface area contributed by atoms with Gasteiger partial charge >= 0.3 is 0 Å². The van der Waals surface area contributed by atoms with Crippen molar-refractivity contribution in [1.82, 2.24) is 0 Å². The minimum atomic E-state index is 1.04. The number of aliphatic imine (C=N–C) groups is 1. The van der Waals surface area contributed by atoms with E-state index < -0.39 is 0 Å². The summed E-state index contributed by atoms with van der Waals surface area (Å²) in [6.45, 7) is 4.22. The topological polar surface area (TPSA) is 15.6 Å². The highest BCUT2D eigenvalue weighted by Gasteiger charge is 1.98. The number of hydrogen-bond donors (Lipinski definition) is 0. The molecule has 2 rings (SSSR count). The van der Waals surface area contributed by atoms with Crippen molar-refractivity contribution in [2.45, 2.75) is 13.8 Å². The largest absolute Gasteiger partial charge is 0.378 e. The number of nitrogens with zero attached hydrogens (tertiary/aromatic N) is 2. The quantitative estimate of drug-likeness (QED) is 0.750. The van der Waals surface area contributed by atoms with E-state index in [9.17, 15) is 0 Å². The average molecular weight is 252 g/mol. The van der Waals surface area contributed by atoms with Crippen LogP contribution in [-0.4, -0.2) is 20.3 Å². The molecule has 0 amide bonds. The molecule has 0 saturated heterocycles. The van der Waals surface area contributed by atoms with E-state index in [1.165, 1.54) is 16.8 Å². The molecule has 0 aliphatic rings. The Balaban J connectivity index is 2.20. The lowest BCUT2D eigenvalue weighted by Gasteiger charge is -2.11. The molecule has 0 N–H and O–H groups in total. The first-order chi connectivity index (χ1) is 9.08. The van der Waals surface area contributed by atoms with Crippen LogP contribution in [0.2, 0.25) is 0 Å². The Morgan fingerprint density at radius 2 is 1.63 bits per heavy atom. The third-order valence-corrected chi connectivity index (χ3v) is 3.34. The molecule has 0 radical (unpaired) electrons. The van der Waals surface area contributed by atoms with E-state index >= 15 is 0 Å². The Morgan fingerprint density at radius 1 is 0.947 bits per heavy atom. The maximum absolute atomic E-state index is 4.57. The number of hydrogen-bond acceptors (Lipinski definition) is 2. The Labute approximate surface area is 115 Å². The van der Waals surface area contributed by atoms with E-state index in [1.54, 1.807) is 0 Å². The van der Waals surface area contributed by atoms with Crippen LogP contribution in [0, 0.1) is 13.8 Å². The van der Waals surface area contributed by atoms with E-state index in [0.717, 1.165) is 11.3 Å². The minimum Gasteiger partial charge on any atom is -0.378 e. The van der Waals surface area contributed by atoms with E-state index in [2.05, 4.69) is 54.1 Å². The lowest BCUT2D eigenvalue weighted by molar-refractivity contribution is 1.13. The zero-order valence-corrected chi connectivity index (χ0v) is 12.0. The SMILES string of the molecule is Cc1cccc(N=Cc2ccc(N(C)C)cc2)c1C. The monoisotopic (exact) mass is 252 g/mol. The second kappa shape index (κ2) is 5.70. The van der Waals surface area contributed by atoms with Crippen LogP contribution >= 0.6 is 0 Å². The Morgan fingerprint density at radius 3 is 2.26 bits per heavy atom. The second-order valence-electron chi connectivity index (χ2n) is 4.96. The van der Waals surface area contributed by atoms with Crippen molar-refractivity contribution in [3.05, 3.63) is 59.2 Å². The Kier molecular flexibility index (Phi) is 4.00. The van der Waals surface area contributed by atoms with Gasteiger partial charge in [0, 0.05) is 26.0 Å². The number of benzene rings is 2. The second-order valence-corrected chi connectivity index (χ2v) is 4.96.